The lowest BCUT2D eigenvalue weighted by Gasteiger charge is -2.26. The highest BCUT2D eigenvalue weighted by Crippen LogP contribution is 2.21. The number of nitrogens with one attached hydrogen (secondary N) is 2. The van der Waals surface area contributed by atoms with Crippen LogP contribution in [-0.4, -0.2) is 23.5 Å². The predicted molar refractivity (Wildman–Crippen MR) is 93.8 cm³/mol. The van der Waals surface area contributed by atoms with Crippen molar-refractivity contribution in [1.82, 2.24) is 10.3 Å². The highest BCUT2D eigenvalue weighted by Gasteiger charge is 2.20. The molecule has 0 amide bonds. The van der Waals surface area contributed by atoms with Crippen LogP contribution < -0.4 is 5.32 Å². The first-order valence-corrected chi connectivity index (χ1v) is 8.47. The van der Waals surface area contributed by atoms with Gasteiger partial charge in [0.25, 0.3) is 0 Å². The third kappa shape index (κ3) is 4.92. The molecule has 22 heavy (non-hydrogen) atoms. The van der Waals surface area contributed by atoms with E-state index in [1.54, 1.807) is 0 Å². The van der Waals surface area contributed by atoms with Crippen molar-refractivity contribution >= 4 is 27.3 Å². The van der Waals surface area contributed by atoms with E-state index in [0.29, 0.717) is 5.71 Å². The van der Waals surface area contributed by atoms with Gasteiger partial charge in [0.05, 0.1) is 11.4 Å². The second-order valence-electron chi connectivity index (χ2n) is 6.57. The van der Waals surface area contributed by atoms with Crippen LogP contribution in [0.25, 0.3) is 5.70 Å². The summed E-state index contributed by atoms with van der Waals surface area (Å²) in [4.78, 5) is 4.51. The second-order valence-corrected chi connectivity index (χ2v) is 7.38. The highest BCUT2D eigenvalue weighted by atomic mass is 79.9. The molecule has 1 saturated heterocycles. The third-order valence-electron chi connectivity index (χ3n) is 3.58. The molecule has 1 atom stereocenters. The molecule has 1 aromatic heterocycles. The summed E-state index contributed by atoms with van der Waals surface area (Å²) in [6, 6.07) is 5.79. The van der Waals surface area contributed by atoms with Crippen LogP contribution in [0.4, 0.5) is 0 Å². The van der Waals surface area contributed by atoms with Gasteiger partial charge in [0.15, 0.2) is 0 Å². The fraction of sp³-hybridized carbons (Fsp3) is 0.529. The third-order valence-corrected chi connectivity index (χ3v) is 4.03. The summed E-state index contributed by atoms with van der Waals surface area (Å²) in [5.74, 6) is 0. The van der Waals surface area contributed by atoms with Crippen LogP contribution in [0.2, 0.25) is 0 Å². The molecule has 1 aromatic rings. The molecule has 1 unspecified atom stereocenters. The SMILES string of the molecule is CC(C)(C)C(=N)/C=C(\NC1CCCCO1)c1cccc(Br)n1. The van der Waals surface area contributed by atoms with Gasteiger partial charge in [-0.15, -0.1) is 0 Å². The number of ether oxygens (including phenoxy) is 1. The van der Waals surface area contributed by atoms with Crippen molar-refractivity contribution in [3.05, 3.63) is 34.6 Å². The van der Waals surface area contributed by atoms with E-state index in [1.807, 2.05) is 45.0 Å². The molecule has 0 saturated carbocycles. The molecule has 0 spiro atoms. The number of hydrogen-bond donors (Lipinski definition) is 2. The number of allylic oxidation sites excluding steroid dienone is 1. The molecule has 2 N–H and O–H groups in total. The van der Waals surface area contributed by atoms with Gasteiger partial charge >= 0.3 is 0 Å². The Hall–Kier alpha value is -1.20. The maximum atomic E-state index is 8.29. The normalized spacial score (nSPS) is 19.8. The number of pyridine rings is 1. The molecule has 0 aromatic carbocycles. The minimum absolute atomic E-state index is 0.00597. The van der Waals surface area contributed by atoms with Gasteiger partial charge < -0.3 is 15.5 Å². The van der Waals surface area contributed by atoms with Crippen LogP contribution >= 0.6 is 15.9 Å². The lowest BCUT2D eigenvalue weighted by atomic mass is 9.89. The molecule has 2 rings (SSSR count). The van der Waals surface area contributed by atoms with Crippen LogP contribution in [-0.2, 0) is 4.74 Å². The molecule has 1 fully saturated rings. The first-order valence-electron chi connectivity index (χ1n) is 7.68. The molecule has 5 heteroatoms. The average molecular weight is 366 g/mol. The summed E-state index contributed by atoms with van der Waals surface area (Å²) < 4.78 is 6.55. The van der Waals surface area contributed by atoms with E-state index >= 15 is 0 Å². The summed E-state index contributed by atoms with van der Waals surface area (Å²) in [5, 5.41) is 11.7. The van der Waals surface area contributed by atoms with Gasteiger partial charge in [-0.25, -0.2) is 4.98 Å². The van der Waals surface area contributed by atoms with Crippen LogP contribution in [0.15, 0.2) is 28.9 Å². The minimum atomic E-state index is -0.202. The van der Waals surface area contributed by atoms with Gasteiger partial charge in [-0.3, -0.25) is 0 Å². The lowest BCUT2D eigenvalue weighted by Crippen LogP contribution is -2.34. The van der Waals surface area contributed by atoms with Crippen molar-refractivity contribution in [3.63, 3.8) is 0 Å². The molecule has 1 aliphatic rings. The number of hydrogen-bond acceptors (Lipinski definition) is 4. The van der Waals surface area contributed by atoms with Gasteiger partial charge in [0.2, 0.25) is 0 Å². The summed E-state index contributed by atoms with van der Waals surface area (Å²) in [7, 11) is 0. The molecular formula is C17H24BrN3O. The summed E-state index contributed by atoms with van der Waals surface area (Å²) in [5.41, 5.74) is 2.02. The van der Waals surface area contributed by atoms with E-state index in [1.165, 1.54) is 0 Å². The Morgan fingerprint density at radius 3 is 2.77 bits per heavy atom. The van der Waals surface area contributed by atoms with Crippen LogP contribution in [0.3, 0.4) is 0 Å². The Morgan fingerprint density at radius 1 is 1.41 bits per heavy atom. The maximum absolute atomic E-state index is 8.29. The van der Waals surface area contributed by atoms with E-state index in [0.717, 1.165) is 41.9 Å². The molecule has 0 radical (unpaired) electrons. The van der Waals surface area contributed by atoms with Crippen LogP contribution in [0.1, 0.15) is 45.7 Å². The number of aromatic nitrogens is 1. The first kappa shape index (κ1) is 17.2. The van der Waals surface area contributed by atoms with Gasteiger partial charge in [-0.1, -0.05) is 26.8 Å². The zero-order valence-electron chi connectivity index (χ0n) is 13.4. The molecule has 0 bridgehead atoms. The van der Waals surface area contributed by atoms with Crippen molar-refractivity contribution in [2.75, 3.05) is 6.61 Å². The van der Waals surface area contributed by atoms with E-state index in [9.17, 15) is 0 Å². The zero-order chi connectivity index (χ0) is 16.2. The monoisotopic (exact) mass is 365 g/mol. The number of halogens is 1. The Bertz CT molecular complexity index is 557. The van der Waals surface area contributed by atoms with Crippen molar-refractivity contribution < 1.29 is 4.74 Å². The van der Waals surface area contributed by atoms with Gasteiger partial charge in [-0.05, 0) is 53.4 Å². The summed E-state index contributed by atoms with van der Waals surface area (Å²) in [6.45, 7) is 6.90. The quantitative estimate of drug-likeness (QED) is 0.615. The molecule has 120 valence electrons. The Balaban J connectivity index is 2.27. The zero-order valence-corrected chi connectivity index (χ0v) is 15.0. The molecule has 1 aliphatic heterocycles. The lowest BCUT2D eigenvalue weighted by molar-refractivity contribution is 0.00527. The number of rotatable bonds is 4. The molecule has 2 heterocycles. The topological polar surface area (TPSA) is 58.0 Å². The van der Waals surface area contributed by atoms with E-state index < -0.39 is 0 Å². The van der Waals surface area contributed by atoms with Gasteiger partial charge in [0.1, 0.15) is 10.8 Å². The largest absolute Gasteiger partial charge is 0.359 e. The predicted octanol–water partition coefficient (Wildman–Crippen LogP) is 4.37. The van der Waals surface area contributed by atoms with Crippen molar-refractivity contribution in [1.29, 1.82) is 5.41 Å². The number of nitrogens with zero attached hydrogens (tertiary/aromatic N) is 1. The maximum Gasteiger partial charge on any atom is 0.127 e. The fourth-order valence-corrected chi connectivity index (χ4v) is 2.48. The Morgan fingerprint density at radius 2 is 2.18 bits per heavy atom. The second kappa shape index (κ2) is 7.38. The average Bonchev–Trinajstić information content (AvgIpc) is 2.46. The minimum Gasteiger partial charge on any atom is -0.359 e. The summed E-state index contributed by atoms with van der Waals surface area (Å²) >= 11 is 3.41. The Labute approximate surface area is 141 Å². The highest BCUT2D eigenvalue weighted by molar-refractivity contribution is 9.10. The standard InChI is InChI=1S/C17H24BrN3O/c1-17(2,3)14(19)11-13(12-7-6-8-15(18)20-12)21-16-9-4-5-10-22-16/h6-8,11,16,19,21H,4-5,9-10H2,1-3H3/b13-11-,19-14?. The molecular weight excluding hydrogens is 342 g/mol. The van der Waals surface area contributed by atoms with Gasteiger partial charge in [-0.2, -0.15) is 0 Å². The first-order chi connectivity index (χ1) is 10.4. The molecule has 0 aliphatic carbocycles. The summed E-state index contributed by atoms with van der Waals surface area (Å²) in [6.07, 6.45) is 5.12. The van der Waals surface area contributed by atoms with Crippen molar-refractivity contribution in [3.8, 4) is 0 Å². The van der Waals surface area contributed by atoms with Crippen LogP contribution in [0, 0.1) is 10.8 Å². The van der Waals surface area contributed by atoms with Gasteiger partial charge in [0, 0.05) is 17.7 Å². The van der Waals surface area contributed by atoms with E-state index in [4.69, 9.17) is 10.1 Å². The van der Waals surface area contributed by atoms with E-state index in [-0.39, 0.29) is 11.6 Å². The smallest absolute Gasteiger partial charge is 0.127 e. The van der Waals surface area contributed by atoms with E-state index in [2.05, 4.69) is 26.2 Å². The fourth-order valence-electron chi connectivity index (χ4n) is 2.14. The van der Waals surface area contributed by atoms with Crippen molar-refractivity contribution in [2.45, 2.75) is 46.3 Å². The Kier molecular flexibility index (Phi) is 5.75. The van der Waals surface area contributed by atoms with Crippen LogP contribution in [0.5, 0.6) is 0 Å². The molecule has 4 nitrogen and oxygen atoms in total. The van der Waals surface area contributed by atoms with Crippen molar-refractivity contribution in [2.24, 2.45) is 5.41 Å².